The number of phenols is 1. The third kappa shape index (κ3) is 19.3. The van der Waals surface area contributed by atoms with Crippen LogP contribution in [-0.2, 0) is 47.6 Å². The van der Waals surface area contributed by atoms with Crippen LogP contribution < -0.4 is 47.3 Å². The summed E-state index contributed by atoms with van der Waals surface area (Å²) in [6, 6.07) is 30.0. The summed E-state index contributed by atoms with van der Waals surface area (Å²) >= 11 is 0. The van der Waals surface area contributed by atoms with Gasteiger partial charge >= 0.3 is 35.4 Å². The van der Waals surface area contributed by atoms with Gasteiger partial charge in [0.05, 0.1) is 30.3 Å². The fourth-order valence-electron chi connectivity index (χ4n) is 13.4. The van der Waals surface area contributed by atoms with E-state index in [1.54, 1.807) is 36.4 Å². The first-order valence-electron chi connectivity index (χ1n) is 35.5. The van der Waals surface area contributed by atoms with Crippen molar-refractivity contribution in [2.75, 3.05) is 58.5 Å². The van der Waals surface area contributed by atoms with Gasteiger partial charge in [-0.25, -0.2) is 32.8 Å². The van der Waals surface area contributed by atoms with Crippen LogP contribution in [0.25, 0.3) is 78.0 Å². The van der Waals surface area contributed by atoms with Crippen molar-refractivity contribution in [1.82, 2.24) is 45.4 Å². The normalized spacial score (nSPS) is 14.7. The van der Waals surface area contributed by atoms with Crippen molar-refractivity contribution in [3.05, 3.63) is 187 Å². The topological polar surface area (TPSA) is 520 Å². The highest BCUT2D eigenvalue weighted by Crippen LogP contribution is 2.67. The van der Waals surface area contributed by atoms with Crippen LogP contribution in [0.2, 0.25) is 0 Å². The maximum atomic E-state index is 14.6. The quantitative estimate of drug-likeness (QED) is 0.00797. The lowest BCUT2D eigenvalue weighted by Gasteiger charge is -2.21. The number of amides is 4. The van der Waals surface area contributed by atoms with E-state index in [9.17, 15) is 77.5 Å². The average Bonchev–Trinajstić information content (AvgIpc) is 1.05. The number of nitrogens with zero attached hydrogens (tertiary/aromatic N) is 6. The molecule has 0 bridgehead atoms. The van der Waals surface area contributed by atoms with Crippen LogP contribution in [0.15, 0.2) is 135 Å². The Morgan fingerprint density at radius 1 is 0.672 bits per heavy atom. The van der Waals surface area contributed by atoms with E-state index in [1.807, 2.05) is 75.8 Å². The van der Waals surface area contributed by atoms with Crippen molar-refractivity contribution >= 4 is 104 Å². The number of aromatic carboxylic acids is 2. The minimum absolute atomic E-state index is 0.00856. The van der Waals surface area contributed by atoms with E-state index in [1.165, 1.54) is 65.2 Å². The Morgan fingerprint density at radius 3 is 1.99 bits per heavy atom. The number of carboxylic acid groups (broad SMARTS) is 2. The number of nitrogens with two attached hydrogens (primary N) is 1. The van der Waals surface area contributed by atoms with Gasteiger partial charge in [0.2, 0.25) is 29.0 Å². The van der Waals surface area contributed by atoms with Crippen LogP contribution in [0.3, 0.4) is 0 Å². The van der Waals surface area contributed by atoms with E-state index >= 15 is 0 Å². The molecule has 5 aliphatic rings. The number of nitrogen functional groups attached to an aromatic ring is 1. The molecule has 7 aromatic rings. The van der Waals surface area contributed by atoms with Crippen molar-refractivity contribution in [2.24, 2.45) is 0 Å². The number of phosphoric ester groups is 1. The van der Waals surface area contributed by atoms with E-state index < -0.39 is 89.4 Å². The maximum absolute atomic E-state index is 14.6. The molecule has 1 fully saturated rings. The number of phosphoric acid groups is 3. The van der Waals surface area contributed by atoms with Gasteiger partial charge in [0, 0.05) is 119 Å². The van der Waals surface area contributed by atoms with Crippen molar-refractivity contribution in [3.8, 4) is 80.2 Å². The van der Waals surface area contributed by atoms with E-state index in [0.29, 0.717) is 80.3 Å². The molecular formula is C78H75N11O24P3+. The minimum Gasteiger partial charge on any atom is -0.508 e. The van der Waals surface area contributed by atoms with Gasteiger partial charge in [0.15, 0.2) is 28.7 Å². The molecule has 35 nitrogen and oxygen atoms in total. The highest BCUT2D eigenvalue weighted by Gasteiger charge is 2.44. The van der Waals surface area contributed by atoms with Crippen LogP contribution in [0.1, 0.15) is 114 Å². The van der Waals surface area contributed by atoms with Gasteiger partial charge in [-0.15, -0.1) is 0 Å². The first kappa shape index (κ1) is 83.0. The number of aryl methyl sites for hydroxylation is 2. The second-order valence-electron chi connectivity index (χ2n) is 27.3. The molecule has 12 rings (SSSR count). The number of carbonyl (C=O) groups is 6. The predicted octanol–water partition coefficient (Wildman–Crippen LogP) is 8.27. The Bertz CT molecular complexity index is 6190. The summed E-state index contributed by atoms with van der Waals surface area (Å²) in [5.74, 6) is 5.57. The molecule has 5 heterocycles. The van der Waals surface area contributed by atoms with Gasteiger partial charge in [0.1, 0.15) is 54.8 Å². The number of carboxylic acids is 2. The molecule has 3 unspecified atom stereocenters. The summed E-state index contributed by atoms with van der Waals surface area (Å²) in [4.78, 5) is 146. The number of aromatic nitrogens is 4. The van der Waals surface area contributed by atoms with Gasteiger partial charge in [-0.2, -0.15) is 18.6 Å². The van der Waals surface area contributed by atoms with Crippen LogP contribution in [0.4, 0.5) is 11.6 Å². The number of unbranched alkanes of at least 4 members (excludes halogenated alkanes) is 2. The fourth-order valence-corrected chi connectivity index (χ4v) is 16.6. The Balaban J connectivity index is 0.720. The molecule has 0 radical (unpaired) electrons. The number of hydrogen-bond acceptors (Lipinski definition) is 23. The second-order valence-corrected chi connectivity index (χ2v) is 31.6. The smallest absolute Gasteiger partial charge is 0.490 e. The summed E-state index contributed by atoms with van der Waals surface area (Å²) in [5.41, 5.74) is 11.6. The zero-order valence-corrected chi connectivity index (χ0v) is 65.2. The molecule has 0 spiro atoms. The van der Waals surface area contributed by atoms with Gasteiger partial charge in [-0.1, -0.05) is 48.4 Å². The summed E-state index contributed by atoms with van der Waals surface area (Å²) in [5, 5.41) is 55.3. The number of ether oxygens (including phenoxy) is 1. The molecule has 5 atom stereocenters. The number of phenolic OH excluding ortho intramolecular Hbond substituents is 1. The number of aromatic hydroxyl groups is 2. The van der Waals surface area contributed by atoms with Crippen LogP contribution in [0, 0.1) is 37.5 Å². The zero-order valence-electron chi connectivity index (χ0n) is 62.6. The Morgan fingerprint density at radius 2 is 1.32 bits per heavy atom. The Hall–Kier alpha value is -12.5. The fraction of sp³-hybridized carbons (Fsp3) is 0.244. The van der Waals surface area contributed by atoms with Crippen molar-refractivity contribution in [2.45, 2.75) is 77.4 Å². The lowest BCUT2D eigenvalue weighted by molar-refractivity contribution is -0.123. The van der Waals surface area contributed by atoms with Crippen molar-refractivity contribution in [3.63, 3.8) is 0 Å². The van der Waals surface area contributed by atoms with E-state index in [-0.39, 0.29) is 113 Å². The van der Waals surface area contributed by atoms with Crippen LogP contribution in [0.5, 0.6) is 11.6 Å². The molecule has 2 aliphatic carbocycles. The minimum atomic E-state index is -5.85. The molecule has 3 aliphatic heterocycles. The van der Waals surface area contributed by atoms with Crippen molar-refractivity contribution < 1.29 is 109 Å². The largest absolute Gasteiger partial charge is 0.508 e. The highest BCUT2D eigenvalue weighted by molar-refractivity contribution is 7.66. The number of nitrogens with one attached hydrogen (secondary N) is 4. The lowest BCUT2D eigenvalue weighted by Crippen LogP contribution is -2.48. The number of benzene rings is 7. The monoisotopic (exact) mass is 1640 g/mol. The SMILES string of the molecule is Cc1cc2c(-c3ccc(C(=O)NC(Cc4ccc(C#CCNC(=O)c5ccc(-c6c7ccc(=O)cc-7oc7cc(O)ccc67)c(C(=O)O)c5)cc4)C(=O)NCCCCCC(=O)NCC#Cc4nc5c(O)nc(N)nc5n4[C@H]4CC[C@@H](OP(=O)(O)OP(=O)(O)OP(=O)(O)O)O4)cc3C(=O)O)c3cc(C)c(=[N+](C)C)cc-3oc2cc1N(C)C. The number of imidazole rings is 1. The molecule has 116 heavy (non-hydrogen) atoms. The van der Waals surface area contributed by atoms with E-state index in [0.717, 1.165) is 22.2 Å². The third-order valence-electron chi connectivity index (χ3n) is 18.5. The highest BCUT2D eigenvalue weighted by atomic mass is 31.3. The lowest BCUT2D eigenvalue weighted by atomic mass is 9.88. The molecule has 2 aromatic heterocycles. The third-order valence-corrected chi connectivity index (χ3v) is 22.4. The number of fused-ring (bicyclic) bond motifs is 5. The molecule has 38 heteroatoms. The standard InChI is InChI=1S/C78H74N11O24P3/c1-41-32-55-62(39-58(41)87(3)4)109-63-40-59(88(5)6)42(2)33-56(63)69(55)50-24-20-46(36-54(50)77(99)100)73(94)83-57(34-44-17-15-43(16-18-44)12-10-31-81-72(93)45-19-23-49(53(35-45)76(97)98)68-51-25-21-47(90)37-60(51)108-61-38-48(91)22-26-52(61)68)74(95)82-29-9-7-8-14-65(92)80-30-11-13-64-84-70-71(85-78(79)86-75(70)96)89(64)66-27-28-67(110-66)111-115(104,105)113-116(106,107)112-114(101,102)103/h15-26,32-33,35-40,57,66-67H,7-9,14,27-31,34H2,1-6H3,(H13-,79,80,81,82,83,85,86,90,91,92,93,94,95,96,97,98,99,100,101,102,103,104,105,106,107)/p+1/t57?,66-,67-/m1/s1. The molecule has 4 amide bonds. The maximum Gasteiger partial charge on any atom is 0.490 e. The summed E-state index contributed by atoms with van der Waals surface area (Å²) in [7, 11) is -9.53. The molecule has 14 N–H and O–H groups in total. The second kappa shape index (κ2) is 34.3. The number of anilines is 2. The zero-order chi connectivity index (χ0) is 83.4. The van der Waals surface area contributed by atoms with Gasteiger partial charge in [-0.05, 0) is 134 Å². The number of rotatable bonds is 26. The molecule has 5 aromatic carbocycles. The molecule has 0 saturated carbocycles. The van der Waals surface area contributed by atoms with Crippen LogP contribution >= 0.6 is 23.5 Å². The molecule has 600 valence electrons. The van der Waals surface area contributed by atoms with Gasteiger partial charge in [-0.3, -0.25) is 33.1 Å². The van der Waals surface area contributed by atoms with Gasteiger partial charge < -0.3 is 85.5 Å². The van der Waals surface area contributed by atoms with E-state index in [4.69, 9.17) is 33.6 Å². The summed E-state index contributed by atoms with van der Waals surface area (Å²) < 4.78 is 69.4. The average molecular weight is 1640 g/mol. The Kier molecular flexibility index (Phi) is 24.5. The first-order chi connectivity index (χ1) is 55.0. The number of carbonyl (C=O) groups excluding carboxylic acids is 4. The first-order valence-corrected chi connectivity index (χ1v) is 40.1. The molecular weight excluding hydrogens is 1570 g/mol. The summed E-state index contributed by atoms with van der Waals surface area (Å²) in [6.45, 7) is 3.57. The predicted molar refractivity (Wildman–Crippen MR) is 421 cm³/mol. The molecule has 1 saturated heterocycles. The Labute approximate surface area is 658 Å². The van der Waals surface area contributed by atoms with E-state index in [2.05, 4.69) is 68.5 Å². The van der Waals surface area contributed by atoms with Gasteiger partial charge in [0.25, 0.3) is 11.8 Å². The van der Waals surface area contributed by atoms with Crippen LogP contribution in [-0.4, -0.2) is 155 Å². The summed E-state index contributed by atoms with van der Waals surface area (Å²) in [6.07, 6.45) is -2.01. The van der Waals surface area contributed by atoms with Crippen molar-refractivity contribution in [1.29, 1.82) is 0 Å². The number of hydrogen-bond donors (Lipinski definition) is 13.